The van der Waals surface area contributed by atoms with Gasteiger partial charge in [0.15, 0.2) is 0 Å². The molecule has 5 heteroatoms. The van der Waals surface area contributed by atoms with E-state index >= 15 is 0 Å². The molecule has 2 amide bonds. The van der Waals surface area contributed by atoms with Gasteiger partial charge in [0.05, 0.1) is 6.04 Å². The zero-order valence-corrected chi connectivity index (χ0v) is 11.7. The molecule has 0 spiro atoms. The molecule has 108 valence electrons. The van der Waals surface area contributed by atoms with Gasteiger partial charge in [0.1, 0.15) is 0 Å². The number of carbonyl (C=O) groups excluding carboxylic acids is 2. The van der Waals surface area contributed by atoms with Crippen LogP contribution >= 0.6 is 0 Å². The SMILES string of the molecule is Cc1c(NC(=O)C2CCCCCN2)cccc1C(N)=O. The molecule has 4 N–H and O–H groups in total. The Labute approximate surface area is 118 Å². The molecular formula is C15H21N3O2. The Morgan fingerprint density at radius 1 is 1.30 bits per heavy atom. The molecule has 1 saturated heterocycles. The van der Waals surface area contributed by atoms with E-state index in [0.717, 1.165) is 32.2 Å². The van der Waals surface area contributed by atoms with Gasteiger partial charge in [0.2, 0.25) is 11.8 Å². The van der Waals surface area contributed by atoms with Gasteiger partial charge in [-0.05, 0) is 44.0 Å². The van der Waals surface area contributed by atoms with Crippen LogP contribution in [-0.4, -0.2) is 24.4 Å². The van der Waals surface area contributed by atoms with Crippen molar-refractivity contribution in [2.75, 3.05) is 11.9 Å². The summed E-state index contributed by atoms with van der Waals surface area (Å²) in [5.74, 6) is -0.525. The monoisotopic (exact) mass is 275 g/mol. The van der Waals surface area contributed by atoms with E-state index in [0.29, 0.717) is 16.8 Å². The molecule has 1 fully saturated rings. The van der Waals surface area contributed by atoms with Gasteiger partial charge in [0.25, 0.3) is 0 Å². The summed E-state index contributed by atoms with van der Waals surface area (Å²) < 4.78 is 0. The van der Waals surface area contributed by atoms with E-state index in [4.69, 9.17) is 5.73 Å². The second-order valence-electron chi connectivity index (χ2n) is 5.19. The smallest absolute Gasteiger partial charge is 0.249 e. The number of hydrogen-bond acceptors (Lipinski definition) is 3. The van der Waals surface area contributed by atoms with Crippen molar-refractivity contribution in [3.8, 4) is 0 Å². The predicted octanol–water partition coefficient (Wildman–Crippen LogP) is 1.56. The Hall–Kier alpha value is -1.88. The lowest BCUT2D eigenvalue weighted by molar-refractivity contribution is -0.118. The molecule has 0 aromatic heterocycles. The molecule has 1 aromatic rings. The van der Waals surface area contributed by atoms with Gasteiger partial charge in [0, 0.05) is 11.3 Å². The zero-order valence-electron chi connectivity index (χ0n) is 11.7. The maximum atomic E-state index is 12.3. The molecular weight excluding hydrogens is 254 g/mol. The van der Waals surface area contributed by atoms with E-state index in [1.807, 2.05) is 0 Å². The van der Waals surface area contributed by atoms with Crippen LogP contribution in [-0.2, 0) is 4.79 Å². The minimum Gasteiger partial charge on any atom is -0.366 e. The normalized spacial score (nSPS) is 19.1. The molecule has 0 aliphatic carbocycles. The second kappa shape index (κ2) is 6.52. The molecule has 1 heterocycles. The van der Waals surface area contributed by atoms with Crippen LogP contribution < -0.4 is 16.4 Å². The van der Waals surface area contributed by atoms with Crippen molar-refractivity contribution < 1.29 is 9.59 Å². The first-order chi connectivity index (χ1) is 9.59. The topological polar surface area (TPSA) is 84.2 Å². The van der Waals surface area contributed by atoms with Crippen molar-refractivity contribution in [2.24, 2.45) is 5.73 Å². The molecule has 1 aliphatic heterocycles. The van der Waals surface area contributed by atoms with Crippen LogP contribution in [0.4, 0.5) is 5.69 Å². The largest absolute Gasteiger partial charge is 0.366 e. The number of nitrogens with one attached hydrogen (secondary N) is 2. The lowest BCUT2D eigenvalue weighted by atomic mass is 10.1. The highest BCUT2D eigenvalue weighted by atomic mass is 16.2. The molecule has 0 radical (unpaired) electrons. The van der Waals surface area contributed by atoms with Gasteiger partial charge < -0.3 is 16.4 Å². The molecule has 20 heavy (non-hydrogen) atoms. The van der Waals surface area contributed by atoms with Crippen molar-refractivity contribution in [1.82, 2.24) is 5.32 Å². The third-order valence-electron chi connectivity index (χ3n) is 3.73. The maximum Gasteiger partial charge on any atom is 0.249 e. The van der Waals surface area contributed by atoms with E-state index < -0.39 is 5.91 Å². The quantitative estimate of drug-likeness (QED) is 0.782. The Balaban J connectivity index is 2.11. The number of rotatable bonds is 3. The fraction of sp³-hybridized carbons (Fsp3) is 0.467. The van der Waals surface area contributed by atoms with Crippen LogP contribution in [0.5, 0.6) is 0 Å². The molecule has 0 saturated carbocycles. The Morgan fingerprint density at radius 3 is 2.85 bits per heavy atom. The van der Waals surface area contributed by atoms with Gasteiger partial charge in [-0.1, -0.05) is 18.9 Å². The number of anilines is 1. The number of amides is 2. The fourth-order valence-electron chi connectivity index (χ4n) is 2.51. The molecule has 0 bridgehead atoms. The van der Waals surface area contributed by atoms with Crippen LogP contribution in [0.2, 0.25) is 0 Å². The summed E-state index contributed by atoms with van der Waals surface area (Å²) in [6.07, 6.45) is 4.18. The third-order valence-corrected chi connectivity index (χ3v) is 3.73. The van der Waals surface area contributed by atoms with E-state index in [1.54, 1.807) is 25.1 Å². The summed E-state index contributed by atoms with van der Waals surface area (Å²) >= 11 is 0. The summed E-state index contributed by atoms with van der Waals surface area (Å²) in [5.41, 5.74) is 7.12. The van der Waals surface area contributed by atoms with Gasteiger partial charge in [-0.2, -0.15) is 0 Å². The predicted molar refractivity (Wildman–Crippen MR) is 78.6 cm³/mol. The number of carbonyl (C=O) groups is 2. The van der Waals surface area contributed by atoms with E-state index in [1.165, 1.54) is 0 Å². The van der Waals surface area contributed by atoms with E-state index in [-0.39, 0.29) is 11.9 Å². The van der Waals surface area contributed by atoms with Gasteiger partial charge in [-0.25, -0.2) is 0 Å². The molecule has 1 unspecified atom stereocenters. The minimum atomic E-state index is -0.480. The lowest BCUT2D eigenvalue weighted by Crippen LogP contribution is -2.40. The van der Waals surface area contributed by atoms with Crippen molar-refractivity contribution in [3.63, 3.8) is 0 Å². The molecule has 2 rings (SSSR count). The third kappa shape index (κ3) is 3.36. The number of hydrogen-bond donors (Lipinski definition) is 3. The summed E-state index contributed by atoms with van der Waals surface area (Å²) in [4.78, 5) is 23.6. The number of nitrogens with two attached hydrogens (primary N) is 1. The van der Waals surface area contributed by atoms with Crippen LogP contribution in [0.1, 0.15) is 41.6 Å². The summed E-state index contributed by atoms with van der Waals surface area (Å²) in [6, 6.07) is 5.02. The van der Waals surface area contributed by atoms with Crippen molar-refractivity contribution in [2.45, 2.75) is 38.6 Å². The molecule has 1 aromatic carbocycles. The lowest BCUT2D eigenvalue weighted by Gasteiger charge is -2.17. The first kappa shape index (κ1) is 14.5. The maximum absolute atomic E-state index is 12.3. The summed E-state index contributed by atoms with van der Waals surface area (Å²) in [6.45, 7) is 2.66. The molecule has 5 nitrogen and oxygen atoms in total. The molecule has 1 atom stereocenters. The van der Waals surface area contributed by atoms with Gasteiger partial charge in [-0.3, -0.25) is 9.59 Å². The van der Waals surface area contributed by atoms with Crippen LogP contribution in [0.15, 0.2) is 18.2 Å². The highest BCUT2D eigenvalue weighted by molar-refractivity contribution is 5.99. The van der Waals surface area contributed by atoms with Gasteiger partial charge >= 0.3 is 0 Å². The Kier molecular flexibility index (Phi) is 4.74. The summed E-state index contributed by atoms with van der Waals surface area (Å²) in [7, 11) is 0. The summed E-state index contributed by atoms with van der Waals surface area (Å²) in [5, 5.41) is 6.15. The van der Waals surface area contributed by atoms with E-state index in [2.05, 4.69) is 10.6 Å². The first-order valence-electron chi connectivity index (χ1n) is 7.03. The van der Waals surface area contributed by atoms with E-state index in [9.17, 15) is 9.59 Å². The van der Waals surface area contributed by atoms with Crippen LogP contribution in [0.25, 0.3) is 0 Å². The highest BCUT2D eigenvalue weighted by Gasteiger charge is 2.20. The first-order valence-corrected chi connectivity index (χ1v) is 7.03. The van der Waals surface area contributed by atoms with Crippen LogP contribution in [0, 0.1) is 6.92 Å². The zero-order chi connectivity index (χ0) is 14.5. The van der Waals surface area contributed by atoms with Crippen molar-refractivity contribution in [1.29, 1.82) is 0 Å². The van der Waals surface area contributed by atoms with Crippen molar-refractivity contribution in [3.05, 3.63) is 29.3 Å². The van der Waals surface area contributed by atoms with Gasteiger partial charge in [-0.15, -0.1) is 0 Å². The average Bonchev–Trinajstić information content (AvgIpc) is 2.69. The molecule has 1 aliphatic rings. The highest BCUT2D eigenvalue weighted by Crippen LogP contribution is 2.19. The fourth-order valence-corrected chi connectivity index (χ4v) is 2.51. The minimum absolute atomic E-state index is 0.0448. The van der Waals surface area contributed by atoms with Crippen molar-refractivity contribution >= 4 is 17.5 Å². The standard InChI is InChI=1S/C15H21N3O2/c1-10-11(14(16)19)6-5-8-12(10)18-15(20)13-7-3-2-4-9-17-13/h5-6,8,13,17H,2-4,7,9H2,1H3,(H2,16,19)(H,18,20). The Bertz CT molecular complexity index is 506. The Morgan fingerprint density at radius 2 is 2.10 bits per heavy atom. The number of benzene rings is 1. The van der Waals surface area contributed by atoms with Crippen LogP contribution in [0.3, 0.4) is 0 Å². The average molecular weight is 275 g/mol. The second-order valence-corrected chi connectivity index (χ2v) is 5.19. The number of primary amides is 1.